The Balaban J connectivity index is 1.56. The van der Waals surface area contributed by atoms with Crippen LogP contribution in [0.2, 0.25) is 0 Å². The topological polar surface area (TPSA) is 125 Å². The van der Waals surface area contributed by atoms with Crippen molar-refractivity contribution in [2.45, 2.75) is 26.9 Å². The van der Waals surface area contributed by atoms with Crippen molar-refractivity contribution in [1.82, 2.24) is 5.16 Å². The molecule has 2 amide bonds. The van der Waals surface area contributed by atoms with Crippen molar-refractivity contribution in [1.29, 1.82) is 0 Å². The highest BCUT2D eigenvalue weighted by Crippen LogP contribution is 2.19. The predicted molar refractivity (Wildman–Crippen MR) is 120 cm³/mol. The lowest BCUT2D eigenvalue weighted by Gasteiger charge is -2.22. The Labute approximate surface area is 191 Å². The third-order valence-electron chi connectivity index (χ3n) is 4.93. The van der Waals surface area contributed by atoms with Crippen LogP contribution in [-0.4, -0.2) is 36.1 Å². The number of rotatable bonds is 10. The Bertz CT molecular complexity index is 1090. The van der Waals surface area contributed by atoms with Crippen molar-refractivity contribution < 1.29 is 28.4 Å². The lowest BCUT2D eigenvalue weighted by Crippen LogP contribution is -2.37. The lowest BCUT2D eigenvalue weighted by atomic mass is 10.2. The van der Waals surface area contributed by atoms with E-state index in [1.54, 1.807) is 48.5 Å². The van der Waals surface area contributed by atoms with Gasteiger partial charge in [0.05, 0.1) is 16.8 Å². The summed E-state index contributed by atoms with van der Waals surface area (Å²) in [5, 5.41) is 3.88. The lowest BCUT2D eigenvalue weighted by molar-refractivity contribution is -0.121. The number of para-hydroxylation sites is 1. The molecule has 2 N–H and O–H groups in total. The first-order valence-corrected chi connectivity index (χ1v) is 10.3. The number of nitrogens with two attached hydrogens (primary N) is 1. The number of benzene rings is 2. The highest BCUT2D eigenvalue weighted by Gasteiger charge is 2.19. The maximum atomic E-state index is 12.7. The highest BCUT2D eigenvalue weighted by atomic mass is 16.5. The van der Waals surface area contributed by atoms with Gasteiger partial charge in [0.2, 0.25) is 5.91 Å². The van der Waals surface area contributed by atoms with Crippen molar-refractivity contribution in [2.75, 3.05) is 18.1 Å². The minimum atomic E-state index is -0.650. The molecule has 172 valence electrons. The summed E-state index contributed by atoms with van der Waals surface area (Å²) < 4.78 is 16.0. The number of anilines is 1. The summed E-state index contributed by atoms with van der Waals surface area (Å²) in [6, 6.07) is 15.2. The summed E-state index contributed by atoms with van der Waals surface area (Å²) in [6.45, 7) is 3.55. The number of aryl methyl sites for hydroxylation is 2. The number of amides is 2. The van der Waals surface area contributed by atoms with Crippen molar-refractivity contribution in [2.24, 2.45) is 5.73 Å². The van der Waals surface area contributed by atoms with Gasteiger partial charge in [-0.15, -0.1) is 0 Å². The van der Waals surface area contributed by atoms with E-state index < -0.39 is 24.4 Å². The summed E-state index contributed by atoms with van der Waals surface area (Å²) in [5.41, 5.74) is 7.70. The highest BCUT2D eigenvalue weighted by molar-refractivity contribution is 5.97. The van der Waals surface area contributed by atoms with Crippen molar-refractivity contribution in [3.63, 3.8) is 0 Å². The fourth-order valence-corrected chi connectivity index (χ4v) is 3.07. The Hall–Kier alpha value is -4.14. The van der Waals surface area contributed by atoms with Crippen LogP contribution in [0, 0.1) is 13.8 Å². The number of ether oxygens (including phenoxy) is 2. The fourth-order valence-electron chi connectivity index (χ4n) is 3.07. The molecule has 0 atom stereocenters. The Morgan fingerprint density at radius 1 is 1.03 bits per heavy atom. The van der Waals surface area contributed by atoms with Crippen LogP contribution in [0.15, 0.2) is 59.1 Å². The fraction of sp³-hybridized carbons (Fsp3) is 0.250. The van der Waals surface area contributed by atoms with Crippen LogP contribution in [0.4, 0.5) is 5.69 Å². The van der Waals surface area contributed by atoms with E-state index in [0.717, 1.165) is 11.3 Å². The monoisotopic (exact) mass is 451 g/mol. The van der Waals surface area contributed by atoms with E-state index in [1.165, 1.54) is 4.90 Å². The standard InChI is InChI=1S/C24H25N3O6/c1-16-21(17(2)33-26-16)14-31-20-10-8-18(9-11-20)24(30)32-15-23(29)27(13-12-22(25)28)19-6-4-3-5-7-19/h3-11H,12-15H2,1-2H3,(H2,25,28). The molecule has 9 nitrogen and oxygen atoms in total. The summed E-state index contributed by atoms with van der Waals surface area (Å²) in [4.78, 5) is 37.6. The molecule has 0 aliphatic rings. The smallest absolute Gasteiger partial charge is 0.338 e. The molecule has 33 heavy (non-hydrogen) atoms. The van der Waals surface area contributed by atoms with E-state index in [2.05, 4.69) is 5.16 Å². The molecule has 3 rings (SSSR count). The number of carbonyl (C=O) groups is 3. The first-order valence-electron chi connectivity index (χ1n) is 10.3. The Kier molecular flexibility index (Phi) is 7.80. The first-order chi connectivity index (χ1) is 15.8. The van der Waals surface area contributed by atoms with Crippen LogP contribution in [0.3, 0.4) is 0 Å². The Morgan fingerprint density at radius 3 is 2.33 bits per heavy atom. The molecule has 0 unspecified atom stereocenters. The minimum Gasteiger partial charge on any atom is -0.489 e. The molecule has 0 radical (unpaired) electrons. The van der Waals surface area contributed by atoms with E-state index >= 15 is 0 Å². The maximum Gasteiger partial charge on any atom is 0.338 e. The van der Waals surface area contributed by atoms with Gasteiger partial charge in [0, 0.05) is 18.7 Å². The molecule has 0 spiro atoms. The van der Waals surface area contributed by atoms with Crippen molar-refractivity contribution in [3.05, 3.63) is 77.2 Å². The van der Waals surface area contributed by atoms with Gasteiger partial charge in [0.15, 0.2) is 6.61 Å². The molecule has 0 fully saturated rings. The zero-order chi connectivity index (χ0) is 23.8. The molecule has 0 saturated carbocycles. The molecule has 1 heterocycles. The van der Waals surface area contributed by atoms with Crippen LogP contribution in [0.25, 0.3) is 0 Å². The second kappa shape index (κ2) is 10.9. The van der Waals surface area contributed by atoms with Gasteiger partial charge < -0.3 is 24.6 Å². The van der Waals surface area contributed by atoms with Gasteiger partial charge in [-0.1, -0.05) is 23.4 Å². The minimum absolute atomic E-state index is 0.00995. The van der Waals surface area contributed by atoms with Gasteiger partial charge in [-0.2, -0.15) is 0 Å². The first kappa shape index (κ1) is 23.5. The number of esters is 1. The van der Waals surface area contributed by atoms with Gasteiger partial charge in [0.1, 0.15) is 18.1 Å². The number of hydrogen-bond donors (Lipinski definition) is 1. The predicted octanol–water partition coefficient (Wildman–Crippen LogP) is 2.94. The van der Waals surface area contributed by atoms with Gasteiger partial charge in [-0.25, -0.2) is 4.79 Å². The average molecular weight is 451 g/mol. The van der Waals surface area contributed by atoms with Gasteiger partial charge in [-0.05, 0) is 50.2 Å². The van der Waals surface area contributed by atoms with Crippen molar-refractivity contribution in [3.8, 4) is 5.75 Å². The van der Waals surface area contributed by atoms with E-state index in [1.807, 2.05) is 19.9 Å². The number of carbonyl (C=O) groups excluding carboxylic acids is 3. The quantitative estimate of drug-likeness (QED) is 0.470. The van der Waals surface area contributed by atoms with Crippen LogP contribution in [0.1, 0.15) is 33.8 Å². The molecular formula is C24H25N3O6. The normalized spacial score (nSPS) is 10.5. The molecule has 0 bridgehead atoms. The number of primary amides is 1. The van der Waals surface area contributed by atoms with Crippen LogP contribution >= 0.6 is 0 Å². The second-order valence-electron chi connectivity index (χ2n) is 7.29. The van der Waals surface area contributed by atoms with Crippen LogP contribution in [-0.2, 0) is 20.9 Å². The molecule has 0 aliphatic carbocycles. The average Bonchev–Trinajstić information content (AvgIpc) is 3.14. The zero-order valence-electron chi connectivity index (χ0n) is 18.4. The largest absolute Gasteiger partial charge is 0.489 e. The van der Waals surface area contributed by atoms with E-state index in [9.17, 15) is 14.4 Å². The molecular weight excluding hydrogens is 426 g/mol. The van der Waals surface area contributed by atoms with Crippen LogP contribution < -0.4 is 15.4 Å². The maximum absolute atomic E-state index is 12.7. The van der Waals surface area contributed by atoms with Crippen LogP contribution in [0.5, 0.6) is 5.75 Å². The number of hydrogen-bond acceptors (Lipinski definition) is 7. The second-order valence-corrected chi connectivity index (χ2v) is 7.29. The van der Waals surface area contributed by atoms with Gasteiger partial charge in [0.25, 0.3) is 5.91 Å². The SMILES string of the molecule is Cc1noc(C)c1COc1ccc(C(=O)OCC(=O)N(CCC(N)=O)c2ccccc2)cc1. The molecule has 9 heteroatoms. The summed E-state index contributed by atoms with van der Waals surface area (Å²) >= 11 is 0. The van der Waals surface area contributed by atoms with Gasteiger partial charge in [-0.3, -0.25) is 9.59 Å². The molecule has 0 saturated heterocycles. The summed E-state index contributed by atoms with van der Waals surface area (Å²) in [7, 11) is 0. The van der Waals surface area contributed by atoms with Gasteiger partial charge >= 0.3 is 5.97 Å². The molecule has 3 aromatic rings. The molecule has 2 aromatic carbocycles. The number of nitrogens with zero attached hydrogens (tertiary/aromatic N) is 2. The molecule has 1 aromatic heterocycles. The van der Waals surface area contributed by atoms with E-state index in [0.29, 0.717) is 23.8 Å². The zero-order valence-corrected chi connectivity index (χ0v) is 18.4. The third-order valence-corrected chi connectivity index (χ3v) is 4.93. The third kappa shape index (κ3) is 6.42. The number of aromatic nitrogens is 1. The summed E-state index contributed by atoms with van der Waals surface area (Å²) in [5.74, 6) is -0.391. The van der Waals surface area contributed by atoms with E-state index in [4.69, 9.17) is 19.7 Å². The Morgan fingerprint density at radius 2 is 1.73 bits per heavy atom. The van der Waals surface area contributed by atoms with E-state index in [-0.39, 0.29) is 18.5 Å². The summed E-state index contributed by atoms with van der Waals surface area (Å²) in [6.07, 6.45) is -0.00995. The molecule has 0 aliphatic heterocycles. The van der Waals surface area contributed by atoms with Crippen molar-refractivity contribution >= 4 is 23.5 Å².